The highest BCUT2D eigenvalue weighted by Crippen LogP contribution is 2.67. The fraction of sp³-hybridized carbons (Fsp3) is 0.714. The topological polar surface area (TPSA) is 167 Å². The second kappa shape index (κ2) is 9.58. The van der Waals surface area contributed by atoms with Gasteiger partial charge in [0.15, 0.2) is 35.0 Å². The van der Waals surface area contributed by atoms with Crippen LogP contribution in [0.3, 0.4) is 0 Å². The number of ether oxygens (including phenoxy) is 2. The molecule has 5 rings (SSSR count). The number of nitrogens with zero attached hydrogens (tertiary/aromatic N) is 5. The SMILES string of the molecule is CC(C)OC(=O)[C@H](C)N[PH](=O)OC1[C@@]2(CCl)O[C@@H](n3cnc4c(N5CCCC5)nc(N)nc43)[C@H](F)[C@@]12O. The molecule has 2 aromatic rings. The Morgan fingerprint density at radius 2 is 2.11 bits per heavy atom. The number of nitrogens with one attached hydrogen (secondary N) is 1. The monoisotopic (exact) mass is 561 g/mol. The lowest BCUT2D eigenvalue weighted by Gasteiger charge is -2.24. The van der Waals surface area contributed by atoms with Crippen LogP contribution in [0.2, 0.25) is 0 Å². The van der Waals surface area contributed by atoms with E-state index in [0.29, 0.717) is 11.3 Å². The minimum absolute atomic E-state index is 0.00326. The number of rotatable bonds is 9. The molecule has 7 atom stereocenters. The van der Waals surface area contributed by atoms with Crippen molar-refractivity contribution in [3.63, 3.8) is 0 Å². The van der Waals surface area contributed by atoms with E-state index in [0.717, 1.165) is 25.9 Å². The predicted molar refractivity (Wildman–Crippen MR) is 132 cm³/mol. The second-order valence-corrected chi connectivity index (χ2v) is 11.2. The van der Waals surface area contributed by atoms with Crippen molar-refractivity contribution in [2.45, 2.75) is 75.5 Å². The molecule has 3 fully saturated rings. The van der Waals surface area contributed by atoms with Crippen molar-refractivity contribution in [1.29, 1.82) is 0 Å². The van der Waals surface area contributed by atoms with Crippen LogP contribution in [0.4, 0.5) is 16.2 Å². The Morgan fingerprint density at radius 1 is 1.41 bits per heavy atom. The molecule has 1 saturated carbocycles. The van der Waals surface area contributed by atoms with Gasteiger partial charge in [-0.3, -0.25) is 13.9 Å². The van der Waals surface area contributed by atoms with E-state index >= 15 is 4.39 Å². The molecule has 2 unspecified atom stereocenters. The van der Waals surface area contributed by atoms with Gasteiger partial charge in [0.05, 0.1) is 18.3 Å². The number of hydrogen-bond acceptors (Lipinski definition) is 11. The first-order valence-electron chi connectivity index (χ1n) is 12.1. The van der Waals surface area contributed by atoms with Crippen molar-refractivity contribution in [3.05, 3.63) is 6.33 Å². The number of esters is 1. The zero-order valence-electron chi connectivity index (χ0n) is 20.6. The van der Waals surface area contributed by atoms with E-state index in [1.165, 1.54) is 17.8 Å². The van der Waals surface area contributed by atoms with E-state index in [2.05, 4.69) is 20.0 Å². The lowest BCUT2D eigenvalue weighted by atomic mass is 10.1. The maximum Gasteiger partial charge on any atom is 0.323 e. The maximum absolute atomic E-state index is 15.8. The summed E-state index contributed by atoms with van der Waals surface area (Å²) in [4.78, 5) is 27.0. The Hall–Kier alpha value is -2.09. The summed E-state index contributed by atoms with van der Waals surface area (Å²) in [5.74, 6) is -0.413. The molecule has 2 aliphatic heterocycles. The molecular formula is C21H30ClFN7O6P. The standard InChI is InChI=1S/C21H30ClFN7O6P/c1-10(2)34-17(31)11(3)28-37(33)36-18-20(8-22)21(18,32)13(23)16(35-20)30-9-25-12-14(29-6-4-5-7-29)26-19(24)27-15(12)30/h9-11,13,16,18,32,37H,4-8H2,1-3H3,(H,28,33)(H2,24,26,27)/t11-,13-,16+,18?,20+,21+/m0/s1. The number of halogens is 2. The van der Waals surface area contributed by atoms with Gasteiger partial charge < -0.3 is 29.7 Å². The normalized spacial score (nSPS) is 32.6. The minimum atomic E-state index is -3.11. The molecule has 1 aliphatic carbocycles. The number of hydrogen-bond donors (Lipinski definition) is 3. The van der Waals surface area contributed by atoms with Crippen molar-refractivity contribution in [2.75, 3.05) is 29.6 Å². The molecule has 3 aliphatic rings. The van der Waals surface area contributed by atoms with Crippen LogP contribution in [-0.2, 0) is 23.4 Å². The highest BCUT2D eigenvalue weighted by Gasteiger charge is 2.89. The number of nitrogen functional groups attached to an aromatic ring is 1. The van der Waals surface area contributed by atoms with Gasteiger partial charge in [0.2, 0.25) is 5.95 Å². The first-order valence-corrected chi connectivity index (χ1v) is 13.9. The summed E-state index contributed by atoms with van der Waals surface area (Å²) in [6.07, 6.45) is -1.69. The van der Waals surface area contributed by atoms with Gasteiger partial charge in [0.1, 0.15) is 17.7 Å². The number of imidazole rings is 1. The fourth-order valence-corrected chi connectivity index (χ4v) is 6.60. The molecule has 4 heterocycles. The zero-order valence-corrected chi connectivity index (χ0v) is 22.3. The summed E-state index contributed by atoms with van der Waals surface area (Å²) in [6.45, 7) is 6.40. The molecule has 0 spiro atoms. The molecule has 2 aromatic heterocycles. The summed E-state index contributed by atoms with van der Waals surface area (Å²) >= 11 is 6.12. The lowest BCUT2D eigenvalue weighted by molar-refractivity contribution is -0.149. The van der Waals surface area contributed by atoms with E-state index < -0.39 is 49.9 Å². The third kappa shape index (κ3) is 4.18. The van der Waals surface area contributed by atoms with E-state index in [1.807, 2.05) is 4.90 Å². The number of carbonyl (C=O) groups is 1. The summed E-state index contributed by atoms with van der Waals surface area (Å²) < 4.78 is 46.2. The molecule has 4 N–H and O–H groups in total. The molecule has 13 nitrogen and oxygen atoms in total. The number of aromatic nitrogens is 4. The molecule has 2 saturated heterocycles. The first-order chi connectivity index (χ1) is 17.5. The van der Waals surface area contributed by atoms with E-state index in [1.54, 1.807) is 13.8 Å². The Balaban J connectivity index is 1.35. The highest BCUT2D eigenvalue weighted by atomic mass is 35.5. The average molecular weight is 562 g/mol. The van der Waals surface area contributed by atoms with Gasteiger partial charge in [-0.25, -0.2) is 14.5 Å². The Morgan fingerprint density at radius 3 is 2.73 bits per heavy atom. The van der Waals surface area contributed by atoms with Crippen molar-refractivity contribution in [3.8, 4) is 0 Å². The number of fused-ring (bicyclic) bond motifs is 2. The van der Waals surface area contributed by atoms with Gasteiger partial charge in [-0.2, -0.15) is 9.97 Å². The van der Waals surface area contributed by atoms with Gasteiger partial charge in [0.25, 0.3) is 8.18 Å². The Bertz CT molecular complexity index is 1230. The molecule has 0 bridgehead atoms. The highest BCUT2D eigenvalue weighted by molar-refractivity contribution is 7.36. The van der Waals surface area contributed by atoms with Crippen LogP contribution in [0.5, 0.6) is 0 Å². The summed E-state index contributed by atoms with van der Waals surface area (Å²) in [5, 5.41) is 13.7. The van der Waals surface area contributed by atoms with Crippen LogP contribution in [0, 0.1) is 0 Å². The molecule has 37 heavy (non-hydrogen) atoms. The maximum atomic E-state index is 15.8. The number of carbonyl (C=O) groups excluding carboxylic acids is 1. The van der Waals surface area contributed by atoms with Crippen molar-refractivity contribution >= 4 is 48.7 Å². The second-order valence-electron chi connectivity index (χ2n) is 9.82. The summed E-state index contributed by atoms with van der Waals surface area (Å²) in [6, 6.07) is -0.948. The van der Waals surface area contributed by atoms with Crippen molar-refractivity contribution in [1.82, 2.24) is 24.6 Å². The quantitative estimate of drug-likeness (QED) is 0.228. The number of anilines is 2. The number of alkyl halides is 2. The largest absolute Gasteiger partial charge is 0.462 e. The molecule has 0 aromatic carbocycles. The molecule has 0 radical (unpaired) electrons. The zero-order chi connectivity index (χ0) is 26.7. The third-order valence-corrected chi connectivity index (χ3v) is 8.50. The van der Waals surface area contributed by atoms with Crippen molar-refractivity contribution < 1.29 is 32.9 Å². The molecule has 0 amide bonds. The smallest absolute Gasteiger partial charge is 0.323 e. The lowest BCUT2D eigenvalue weighted by Crippen LogP contribution is -2.35. The third-order valence-electron chi connectivity index (χ3n) is 6.98. The Kier molecular flexibility index (Phi) is 6.87. The van der Waals surface area contributed by atoms with Crippen LogP contribution in [-0.4, -0.2) is 85.2 Å². The van der Waals surface area contributed by atoms with Crippen LogP contribution >= 0.6 is 19.8 Å². The number of aliphatic hydroxyl groups is 1. The van der Waals surface area contributed by atoms with E-state index in [4.69, 9.17) is 31.3 Å². The van der Waals surface area contributed by atoms with Crippen LogP contribution in [0.15, 0.2) is 6.33 Å². The van der Waals surface area contributed by atoms with Crippen LogP contribution in [0.1, 0.15) is 39.8 Å². The fourth-order valence-electron chi connectivity index (χ4n) is 5.06. The van der Waals surface area contributed by atoms with Gasteiger partial charge in [-0.15, -0.1) is 11.6 Å². The van der Waals surface area contributed by atoms with Gasteiger partial charge in [-0.05, 0) is 33.6 Å². The predicted octanol–water partition coefficient (Wildman–Crippen LogP) is 1.30. The van der Waals surface area contributed by atoms with Gasteiger partial charge >= 0.3 is 5.97 Å². The van der Waals surface area contributed by atoms with Crippen molar-refractivity contribution in [2.24, 2.45) is 0 Å². The summed E-state index contributed by atoms with van der Waals surface area (Å²) in [7, 11) is -3.11. The first kappa shape index (κ1) is 26.5. The van der Waals surface area contributed by atoms with Crippen LogP contribution < -0.4 is 15.7 Å². The van der Waals surface area contributed by atoms with Gasteiger partial charge in [-0.1, -0.05) is 0 Å². The average Bonchev–Trinajstić information content (AvgIpc) is 3.36. The van der Waals surface area contributed by atoms with Crippen LogP contribution in [0.25, 0.3) is 11.2 Å². The van der Waals surface area contributed by atoms with E-state index in [-0.39, 0.29) is 23.6 Å². The molecule has 204 valence electrons. The van der Waals surface area contributed by atoms with Gasteiger partial charge in [0, 0.05) is 13.1 Å². The molecule has 16 heteroatoms. The summed E-state index contributed by atoms with van der Waals surface area (Å²) in [5.41, 5.74) is 2.78. The number of nitrogens with two attached hydrogens (primary N) is 1. The Labute approximate surface area is 217 Å². The molecular weight excluding hydrogens is 532 g/mol. The van der Waals surface area contributed by atoms with E-state index in [9.17, 15) is 14.5 Å². The minimum Gasteiger partial charge on any atom is -0.462 e.